The van der Waals surface area contributed by atoms with Crippen LogP contribution in [0.5, 0.6) is 0 Å². The zero-order valence-corrected chi connectivity index (χ0v) is 13.7. The molecule has 0 aliphatic heterocycles. The van der Waals surface area contributed by atoms with E-state index < -0.39 is 9.84 Å². The molecular weight excluding hydrogens is 298 g/mol. The van der Waals surface area contributed by atoms with Gasteiger partial charge in [-0.1, -0.05) is 23.8 Å². The van der Waals surface area contributed by atoms with Gasteiger partial charge in [-0.2, -0.15) is 0 Å². The van der Waals surface area contributed by atoms with Gasteiger partial charge in [0.1, 0.15) is 0 Å². The van der Waals surface area contributed by atoms with Crippen molar-refractivity contribution >= 4 is 15.7 Å². The van der Waals surface area contributed by atoms with Gasteiger partial charge in [0.2, 0.25) is 0 Å². The molecule has 2 aromatic rings. The van der Waals surface area contributed by atoms with Gasteiger partial charge in [-0.25, -0.2) is 8.42 Å². The number of rotatable bonds is 4. The van der Waals surface area contributed by atoms with E-state index in [1.165, 1.54) is 29.8 Å². The number of carbonyl (C=O) groups excluding carboxylic acids is 1. The molecule has 0 atom stereocenters. The fraction of sp³-hybridized carbons (Fsp3) is 0.235. The topological polar surface area (TPSA) is 63.2 Å². The Balaban J connectivity index is 2.06. The van der Waals surface area contributed by atoms with Crippen molar-refractivity contribution in [2.75, 3.05) is 6.26 Å². The highest BCUT2D eigenvalue weighted by Crippen LogP contribution is 2.12. The lowest BCUT2D eigenvalue weighted by atomic mass is 10.1. The van der Waals surface area contributed by atoms with Crippen molar-refractivity contribution in [3.05, 3.63) is 64.7 Å². The Morgan fingerprint density at radius 2 is 1.68 bits per heavy atom. The maximum Gasteiger partial charge on any atom is 0.251 e. The summed E-state index contributed by atoms with van der Waals surface area (Å²) in [5, 5.41) is 2.85. The van der Waals surface area contributed by atoms with Crippen LogP contribution in [0.2, 0.25) is 0 Å². The Morgan fingerprint density at radius 1 is 1.05 bits per heavy atom. The summed E-state index contributed by atoms with van der Waals surface area (Å²) in [6.07, 6.45) is 1.14. The standard InChI is InChI=1S/C17H19NO3S/c1-12-4-5-15(13(2)10-12)11-18-17(19)14-6-8-16(9-7-14)22(3,20)21/h4-10H,11H2,1-3H3,(H,18,19). The smallest absolute Gasteiger partial charge is 0.251 e. The average molecular weight is 317 g/mol. The highest BCUT2D eigenvalue weighted by molar-refractivity contribution is 7.90. The Bertz CT molecular complexity index is 793. The van der Waals surface area contributed by atoms with E-state index in [1.807, 2.05) is 26.0 Å². The van der Waals surface area contributed by atoms with E-state index >= 15 is 0 Å². The minimum atomic E-state index is -3.24. The lowest BCUT2D eigenvalue weighted by molar-refractivity contribution is 0.0951. The van der Waals surface area contributed by atoms with Gasteiger partial charge in [0.05, 0.1) is 4.90 Å². The van der Waals surface area contributed by atoms with Gasteiger partial charge >= 0.3 is 0 Å². The maximum atomic E-state index is 12.1. The number of benzene rings is 2. The van der Waals surface area contributed by atoms with E-state index in [1.54, 1.807) is 0 Å². The van der Waals surface area contributed by atoms with Gasteiger partial charge in [0.25, 0.3) is 5.91 Å². The molecule has 2 aromatic carbocycles. The third-order valence-corrected chi connectivity index (χ3v) is 4.61. The van der Waals surface area contributed by atoms with E-state index in [0.717, 1.165) is 17.4 Å². The minimum absolute atomic E-state index is 0.207. The first-order chi connectivity index (χ1) is 10.3. The van der Waals surface area contributed by atoms with Crippen molar-refractivity contribution in [1.82, 2.24) is 5.32 Å². The summed E-state index contributed by atoms with van der Waals surface area (Å²) >= 11 is 0. The first-order valence-corrected chi connectivity index (χ1v) is 8.81. The molecule has 0 aromatic heterocycles. The second-order valence-electron chi connectivity index (χ2n) is 5.41. The SMILES string of the molecule is Cc1ccc(CNC(=O)c2ccc(S(C)(=O)=O)cc2)c(C)c1. The quantitative estimate of drug-likeness (QED) is 0.943. The summed E-state index contributed by atoms with van der Waals surface area (Å²) < 4.78 is 22.8. The Kier molecular flexibility index (Phi) is 4.66. The maximum absolute atomic E-state index is 12.1. The van der Waals surface area contributed by atoms with Crippen molar-refractivity contribution in [1.29, 1.82) is 0 Å². The molecule has 0 spiro atoms. The lowest BCUT2D eigenvalue weighted by Crippen LogP contribution is -2.23. The van der Waals surface area contributed by atoms with Crippen LogP contribution in [-0.2, 0) is 16.4 Å². The first-order valence-electron chi connectivity index (χ1n) is 6.92. The summed E-state index contributed by atoms with van der Waals surface area (Å²) in [6.45, 7) is 4.48. The molecule has 0 fully saturated rings. The minimum Gasteiger partial charge on any atom is -0.348 e. The predicted molar refractivity (Wildman–Crippen MR) is 86.6 cm³/mol. The summed E-state index contributed by atoms with van der Waals surface area (Å²) in [5.74, 6) is -0.222. The molecule has 0 unspecified atom stereocenters. The van der Waals surface area contributed by atoms with Gasteiger partial charge < -0.3 is 5.32 Å². The number of aryl methyl sites for hydroxylation is 2. The number of amides is 1. The van der Waals surface area contributed by atoms with Crippen LogP contribution in [0.4, 0.5) is 0 Å². The van der Waals surface area contributed by atoms with Crippen LogP contribution in [0.3, 0.4) is 0 Å². The van der Waals surface area contributed by atoms with E-state index in [-0.39, 0.29) is 10.8 Å². The van der Waals surface area contributed by atoms with Crippen LogP contribution in [0.15, 0.2) is 47.4 Å². The number of carbonyl (C=O) groups is 1. The summed E-state index contributed by atoms with van der Waals surface area (Å²) in [4.78, 5) is 12.3. The Hall–Kier alpha value is -2.14. The Labute approximate surface area is 131 Å². The van der Waals surface area contributed by atoms with Gasteiger partial charge in [0, 0.05) is 18.4 Å². The molecule has 4 nitrogen and oxygen atoms in total. The van der Waals surface area contributed by atoms with Crippen molar-refractivity contribution in [2.24, 2.45) is 0 Å². The number of nitrogens with one attached hydrogen (secondary N) is 1. The molecular formula is C17H19NO3S. The highest BCUT2D eigenvalue weighted by Gasteiger charge is 2.10. The number of hydrogen-bond acceptors (Lipinski definition) is 3. The Morgan fingerprint density at radius 3 is 2.23 bits per heavy atom. The highest BCUT2D eigenvalue weighted by atomic mass is 32.2. The molecule has 1 amide bonds. The van der Waals surface area contributed by atoms with Crippen LogP contribution in [0.25, 0.3) is 0 Å². The molecule has 1 N–H and O–H groups in total. The predicted octanol–water partition coefficient (Wildman–Crippen LogP) is 2.64. The van der Waals surface area contributed by atoms with Crippen molar-refractivity contribution in [3.63, 3.8) is 0 Å². The van der Waals surface area contributed by atoms with Crippen LogP contribution < -0.4 is 5.32 Å². The third-order valence-electron chi connectivity index (χ3n) is 3.48. The molecule has 0 saturated carbocycles. The molecule has 0 radical (unpaired) electrons. The summed E-state index contributed by atoms with van der Waals surface area (Å²) in [6, 6.07) is 12.0. The second kappa shape index (κ2) is 6.32. The first kappa shape index (κ1) is 16.2. The molecule has 0 aliphatic rings. The largest absolute Gasteiger partial charge is 0.348 e. The van der Waals surface area contributed by atoms with Crippen LogP contribution in [-0.4, -0.2) is 20.6 Å². The molecule has 22 heavy (non-hydrogen) atoms. The van der Waals surface area contributed by atoms with E-state index in [9.17, 15) is 13.2 Å². The third kappa shape index (κ3) is 3.95. The van der Waals surface area contributed by atoms with Gasteiger partial charge in [-0.15, -0.1) is 0 Å². The van der Waals surface area contributed by atoms with Gasteiger partial charge in [-0.3, -0.25) is 4.79 Å². The van der Waals surface area contributed by atoms with E-state index in [2.05, 4.69) is 11.4 Å². The van der Waals surface area contributed by atoms with Crippen LogP contribution in [0, 0.1) is 13.8 Å². The number of hydrogen-bond donors (Lipinski definition) is 1. The average Bonchev–Trinajstić information content (AvgIpc) is 2.45. The van der Waals surface area contributed by atoms with E-state index in [4.69, 9.17) is 0 Å². The van der Waals surface area contributed by atoms with Crippen molar-refractivity contribution in [2.45, 2.75) is 25.3 Å². The van der Waals surface area contributed by atoms with Gasteiger partial charge in [0.15, 0.2) is 9.84 Å². The molecule has 2 rings (SSSR count). The fourth-order valence-electron chi connectivity index (χ4n) is 2.18. The van der Waals surface area contributed by atoms with Crippen LogP contribution >= 0.6 is 0 Å². The normalized spacial score (nSPS) is 11.2. The molecule has 5 heteroatoms. The lowest BCUT2D eigenvalue weighted by Gasteiger charge is -2.09. The summed E-state index contributed by atoms with van der Waals surface area (Å²) in [7, 11) is -3.24. The molecule has 0 saturated heterocycles. The van der Waals surface area contributed by atoms with Gasteiger partial charge in [-0.05, 0) is 49.2 Å². The van der Waals surface area contributed by atoms with E-state index in [0.29, 0.717) is 12.1 Å². The monoisotopic (exact) mass is 317 g/mol. The summed E-state index contributed by atoms with van der Waals surface area (Å²) in [5.41, 5.74) is 3.82. The van der Waals surface area contributed by atoms with Crippen molar-refractivity contribution in [3.8, 4) is 0 Å². The van der Waals surface area contributed by atoms with Crippen molar-refractivity contribution < 1.29 is 13.2 Å². The molecule has 116 valence electrons. The molecule has 0 bridgehead atoms. The number of sulfone groups is 1. The zero-order valence-electron chi connectivity index (χ0n) is 12.9. The second-order valence-corrected chi connectivity index (χ2v) is 7.42. The fourth-order valence-corrected chi connectivity index (χ4v) is 2.81. The van der Waals surface area contributed by atoms with Crippen LogP contribution in [0.1, 0.15) is 27.0 Å². The molecule has 0 heterocycles. The molecule has 0 aliphatic carbocycles. The zero-order chi connectivity index (χ0) is 16.3.